The molecule has 4 nitrogen and oxygen atoms in total. The Balaban J connectivity index is 1.55. The van der Waals surface area contributed by atoms with Crippen LogP contribution in [0.4, 0.5) is 0 Å². The van der Waals surface area contributed by atoms with Crippen molar-refractivity contribution >= 4 is 17.5 Å². The molecule has 4 aliphatic rings. The van der Waals surface area contributed by atoms with E-state index in [0.717, 1.165) is 25.7 Å². The van der Waals surface area contributed by atoms with Crippen LogP contribution in [0.3, 0.4) is 0 Å². The van der Waals surface area contributed by atoms with Gasteiger partial charge in [-0.15, -0.1) is 0 Å². The third kappa shape index (κ3) is 3.76. The number of allylic oxidation sites excluding steroid dienone is 3. The largest absolute Gasteiger partial charge is 0.478 e. The van der Waals surface area contributed by atoms with Gasteiger partial charge in [-0.05, 0) is 91.9 Å². The SMILES string of the molecule is CC(=CC(=O)CC(C)C1CCC2C3=CCC4C(C)(C)C(=O)CCC4(C)C3CCC21C)C(=O)O. The monoisotopic (exact) mass is 454 g/mol. The van der Waals surface area contributed by atoms with Crippen molar-refractivity contribution < 1.29 is 19.5 Å². The third-order valence-corrected chi connectivity index (χ3v) is 10.8. The molecule has 3 fully saturated rings. The summed E-state index contributed by atoms with van der Waals surface area (Å²) < 4.78 is 0. The molecule has 7 unspecified atom stereocenters. The number of hydrogen-bond donors (Lipinski definition) is 1. The Morgan fingerprint density at radius 2 is 1.76 bits per heavy atom. The molecule has 182 valence electrons. The van der Waals surface area contributed by atoms with E-state index in [2.05, 4.69) is 40.7 Å². The molecule has 3 saturated carbocycles. The molecule has 0 aromatic carbocycles. The van der Waals surface area contributed by atoms with Crippen LogP contribution >= 0.6 is 0 Å². The van der Waals surface area contributed by atoms with Gasteiger partial charge in [0.2, 0.25) is 0 Å². The summed E-state index contributed by atoms with van der Waals surface area (Å²) >= 11 is 0. The van der Waals surface area contributed by atoms with Crippen LogP contribution in [0.5, 0.6) is 0 Å². The standard InChI is InChI=1S/C29H42O4/c1-17(15-19(30)16-18(2)26(32)33)21-8-9-22-20-7-10-24-27(3,4)25(31)12-14-29(24,6)23(20)11-13-28(21,22)5/h7,16-17,21-24H,8-15H2,1-6H3,(H,32,33). The van der Waals surface area contributed by atoms with Gasteiger partial charge in [-0.25, -0.2) is 4.79 Å². The number of carbonyl (C=O) groups is 3. The second-order valence-electron chi connectivity index (χ2n) is 12.8. The van der Waals surface area contributed by atoms with E-state index < -0.39 is 5.97 Å². The van der Waals surface area contributed by atoms with Crippen molar-refractivity contribution in [2.75, 3.05) is 0 Å². The number of carboxylic acid groups (broad SMARTS) is 1. The minimum atomic E-state index is -1.02. The molecule has 0 radical (unpaired) electrons. The van der Waals surface area contributed by atoms with Gasteiger partial charge in [0.1, 0.15) is 5.78 Å². The summed E-state index contributed by atoms with van der Waals surface area (Å²) in [6.07, 6.45) is 11.7. The van der Waals surface area contributed by atoms with E-state index in [9.17, 15) is 14.4 Å². The highest BCUT2D eigenvalue weighted by atomic mass is 16.4. The normalized spacial score (nSPS) is 40.8. The van der Waals surface area contributed by atoms with Crippen LogP contribution in [0.15, 0.2) is 23.3 Å². The molecule has 0 spiro atoms. The Morgan fingerprint density at radius 1 is 1.09 bits per heavy atom. The summed E-state index contributed by atoms with van der Waals surface area (Å²) in [5.41, 5.74) is 1.96. The predicted octanol–water partition coefficient (Wildman–Crippen LogP) is 6.40. The molecule has 0 heterocycles. The van der Waals surface area contributed by atoms with Gasteiger partial charge in [0.25, 0.3) is 0 Å². The maximum Gasteiger partial charge on any atom is 0.331 e. The van der Waals surface area contributed by atoms with E-state index in [4.69, 9.17) is 5.11 Å². The number of rotatable bonds is 5. The zero-order valence-electron chi connectivity index (χ0n) is 21.4. The summed E-state index contributed by atoms with van der Waals surface area (Å²) in [6.45, 7) is 12.9. The fraction of sp³-hybridized carbons (Fsp3) is 0.759. The lowest BCUT2D eigenvalue weighted by Crippen LogP contribution is -2.55. The first-order chi connectivity index (χ1) is 15.3. The zero-order chi connectivity index (χ0) is 24.3. The fourth-order valence-electron chi connectivity index (χ4n) is 8.92. The molecular weight excluding hydrogens is 412 g/mol. The lowest BCUT2D eigenvalue weighted by molar-refractivity contribution is -0.144. The summed E-state index contributed by atoms with van der Waals surface area (Å²) in [5, 5.41) is 9.09. The van der Waals surface area contributed by atoms with Crippen molar-refractivity contribution in [1.29, 1.82) is 0 Å². The number of fused-ring (bicyclic) bond motifs is 5. The number of carboxylic acids is 1. The highest BCUT2D eigenvalue weighted by Crippen LogP contribution is 2.68. The number of carbonyl (C=O) groups excluding carboxylic acids is 2. The number of Topliss-reactive ketones (excluding diaryl/α,β-unsaturated/α-hetero) is 1. The van der Waals surface area contributed by atoms with Gasteiger partial charge in [-0.3, -0.25) is 9.59 Å². The van der Waals surface area contributed by atoms with Crippen LogP contribution in [-0.4, -0.2) is 22.6 Å². The maximum absolute atomic E-state index is 12.7. The number of ketones is 2. The number of hydrogen-bond acceptors (Lipinski definition) is 3. The van der Waals surface area contributed by atoms with Gasteiger partial charge in [0.15, 0.2) is 5.78 Å². The summed E-state index contributed by atoms with van der Waals surface area (Å²) in [7, 11) is 0. The second kappa shape index (κ2) is 8.20. The van der Waals surface area contributed by atoms with E-state index in [0.29, 0.717) is 35.9 Å². The summed E-state index contributed by atoms with van der Waals surface area (Å²) in [4.78, 5) is 36.3. The lowest BCUT2D eigenvalue weighted by Gasteiger charge is -2.60. The molecule has 33 heavy (non-hydrogen) atoms. The Morgan fingerprint density at radius 3 is 2.42 bits per heavy atom. The van der Waals surface area contributed by atoms with Gasteiger partial charge in [-0.1, -0.05) is 46.3 Å². The van der Waals surface area contributed by atoms with Crippen molar-refractivity contribution in [1.82, 2.24) is 0 Å². The van der Waals surface area contributed by atoms with Crippen LogP contribution < -0.4 is 0 Å². The van der Waals surface area contributed by atoms with Crippen LogP contribution in [0.25, 0.3) is 0 Å². The molecule has 4 rings (SSSR count). The van der Waals surface area contributed by atoms with Crippen LogP contribution in [0.2, 0.25) is 0 Å². The van der Waals surface area contributed by atoms with Crippen LogP contribution in [-0.2, 0) is 14.4 Å². The first kappa shape index (κ1) is 24.4. The quantitative estimate of drug-likeness (QED) is 0.385. The van der Waals surface area contributed by atoms with E-state index in [1.807, 2.05) is 0 Å². The maximum atomic E-state index is 12.7. The minimum Gasteiger partial charge on any atom is -0.478 e. The Labute approximate surface area is 199 Å². The lowest BCUT2D eigenvalue weighted by atomic mass is 9.44. The summed E-state index contributed by atoms with van der Waals surface area (Å²) in [5.74, 6) is 1.68. The molecular formula is C29H42O4. The van der Waals surface area contributed by atoms with E-state index >= 15 is 0 Å². The van der Waals surface area contributed by atoms with E-state index in [1.165, 1.54) is 32.3 Å². The average molecular weight is 455 g/mol. The molecule has 0 aromatic rings. The second-order valence-corrected chi connectivity index (χ2v) is 12.8. The van der Waals surface area contributed by atoms with Gasteiger partial charge in [0.05, 0.1) is 0 Å². The first-order valence-electron chi connectivity index (χ1n) is 13.0. The topological polar surface area (TPSA) is 71.4 Å². The van der Waals surface area contributed by atoms with Crippen molar-refractivity contribution in [2.45, 2.75) is 92.9 Å². The van der Waals surface area contributed by atoms with Crippen molar-refractivity contribution in [3.8, 4) is 0 Å². The predicted molar refractivity (Wildman–Crippen MR) is 130 cm³/mol. The Kier molecular flexibility index (Phi) is 6.07. The van der Waals surface area contributed by atoms with Crippen molar-refractivity contribution in [2.24, 2.45) is 45.8 Å². The zero-order valence-corrected chi connectivity index (χ0v) is 21.4. The third-order valence-electron chi connectivity index (χ3n) is 10.8. The molecule has 0 bridgehead atoms. The fourth-order valence-corrected chi connectivity index (χ4v) is 8.92. The van der Waals surface area contributed by atoms with Gasteiger partial charge in [-0.2, -0.15) is 0 Å². The van der Waals surface area contributed by atoms with Crippen LogP contribution in [0, 0.1) is 45.8 Å². The van der Waals surface area contributed by atoms with E-state index in [1.54, 1.807) is 5.57 Å². The molecule has 4 heteroatoms. The Bertz CT molecular complexity index is 924. The molecule has 0 saturated heterocycles. The molecule has 1 N–H and O–H groups in total. The molecule has 0 aromatic heterocycles. The highest BCUT2D eigenvalue weighted by Gasteiger charge is 2.61. The smallest absolute Gasteiger partial charge is 0.331 e. The summed E-state index contributed by atoms with van der Waals surface area (Å²) in [6, 6.07) is 0. The van der Waals surface area contributed by atoms with Gasteiger partial charge >= 0.3 is 5.97 Å². The van der Waals surface area contributed by atoms with Crippen LogP contribution in [0.1, 0.15) is 92.9 Å². The molecule has 7 atom stereocenters. The molecule has 0 amide bonds. The Hall–Kier alpha value is -1.71. The minimum absolute atomic E-state index is 0.0653. The van der Waals surface area contributed by atoms with E-state index in [-0.39, 0.29) is 33.5 Å². The average Bonchev–Trinajstić information content (AvgIpc) is 3.08. The van der Waals surface area contributed by atoms with Crippen molar-refractivity contribution in [3.63, 3.8) is 0 Å². The molecule has 4 aliphatic carbocycles. The molecule has 0 aliphatic heterocycles. The first-order valence-corrected chi connectivity index (χ1v) is 13.0. The number of aliphatic carboxylic acids is 1. The van der Waals surface area contributed by atoms with Gasteiger partial charge in [0, 0.05) is 23.8 Å². The highest BCUT2D eigenvalue weighted by molar-refractivity contribution is 5.98. The van der Waals surface area contributed by atoms with Crippen molar-refractivity contribution in [3.05, 3.63) is 23.3 Å². The van der Waals surface area contributed by atoms with Gasteiger partial charge < -0.3 is 5.11 Å².